The second-order valence-corrected chi connectivity index (χ2v) is 4.16. The lowest BCUT2D eigenvalue weighted by molar-refractivity contribution is -0.136. The Morgan fingerprint density at radius 1 is 1.64 bits per heavy atom. The number of thioether (sulfide) groups is 1. The Bertz CT molecular complexity index is 318. The first-order valence-corrected chi connectivity index (χ1v) is 5.28. The Hall–Kier alpha value is -0.810. The minimum Gasteiger partial charge on any atom is -0.480 e. The summed E-state index contributed by atoms with van der Waals surface area (Å²) in [6.45, 7) is 1.81. The molecule has 1 aromatic heterocycles. The van der Waals surface area contributed by atoms with Gasteiger partial charge in [-0.1, -0.05) is 30.3 Å². The lowest BCUT2D eigenvalue weighted by Gasteiger charge is -2.07. The van der Waals surface area contributed by atoms with Gasteiger partial charge in [0.15, 0.2) is 5.15 Å². The summed E-state index contributed by atoms with van der Waals surface area (Å²) < 4.78 is 0. The predicted molar refractivity (Wildman–Crippen MR) is 54.6 cm³/mol. The highest BCUT2D eigenvalue weighted by atomic mass is 35.5. The van der Waals surface area contributed by atoms with Crippen LogP contribution in [0, 0.1) is 0 Å². The summed E-state index contributed by atoms with van der Waals surface area (Å²) >= 11 is 6.72. The Morgan fingerprint density at radius 3 is 2.79 bits per heavy atom. The summed E-state index contributed by atoms with van der Waals surface area (Å²) in [6, 6.07) is 3.25. The minimum absolute atomic E-state index is 0.303. The van der Waals surface area contributed by atoms with Crippen molar-refractivity contribution in [3.63, 3.8) is 0 Å². The maximum Gasteiger partial charge on any atom is 0.317 e. The van der Waals surface area contributed by atoms with Crippen LogP contribution in [0.15, 0.2) is 17.2 Å². The largest absolute Gasteiger partial charge is 0.480 e. The maximum atomic E-state index is 10.7. The van der Waals surface area contributed by atoms with Crippen LogP contribution in [0.2, 0.25) is 5.15 Å². The Labute approximate surface area is 90.7 Å². The first kappa shape index (κ1) is 11.3. The fourth-order valence-electron chi connectivity index (χ4n) is 0.821. The van der Waals surface area contributed by atoms with E-state index in [1.165, 1.54) is 11.8 Å². The van der Waals surface area contributed by atoms with Gasteiger partial charge >= 0.3 is 5.97 Å². The average Bonchev–Trinajstić information content (AvgIpc) is 2.16. The molecular formula is C8H9ClN2O2S. The van der Waals surface area contributed by atoms with Crippen LogP contribution in [-0.2, 0) is 4.79 Å². The van der Waals surface area contributed by atoms with Gasteiger partial charge in [-0.2, -0.15) is 0 Å². The van der Waals surface area contributed by atoms with Crippen molar-refractivity contribution in [3.05, 3.63) is 17.3 Å². The Kier molecular flexibility index (Phi) is 4.16. The number of hydrogen-bond donors (Lipinski definition) is 1. The summed E-state index contributed by atoms with van der Waals surface area (Å²) in [4.78, 5) is 10.7. The number of nitrogens with zero attached hydrogens (tertiary/aromatic N) is 2. The number of aliphatic carboxylic acids is 1. The van der Waals surface area contributed by atoms with Crippen LogP contribution in [0.3, 0.4) is 0 Å². The summed E-state index contributed by atoms with van der Waals surface area (Å²) in [5, 5.41) is 16.6. The van der Waals surface area contributed by atoms with E-state index in [9.17, 15) is 4.79 Å². The number of carboxylic acids is 1. The Balaban J connectivity index is 2.67. The first-order chi connectivity index (χ1) is 6.63. The van der Waals surface area contributed by atoms with Crippen molar-refractivity contribution >= 4 is 29.3 Å². The van der Waals surface area contributed by atoms with Crippen LogP contribution in [0.25, 0.3) is 0 Å². The van der Waals surface area contributed by atoms with E-state index < -0.39 is 11.2 Å². The van der Waals surface area contributed by atoms with Gasteiger partial charge in [-0.05, 0) is 18.6 Å². The number of carboxylic acid groups (broad SMARTS) is 1. The molecule has 0 spiro atoms. The van der Waals surface area contributed by atoms with Crippen LogP contribution < -0.4 is 0 Å². The normalized spacial score (nSPS) is 12.4. The smallest absolute Gasteiger partial charge is 0.317 e. The SMILES string of the molecule is CCC(Sc1ccc(Cl)nn1)C(=O)O. The van der Waals surface area contributed by atoms with Gasteiger partial charge in [-0.3, -0.25) is 4.79 Å². The van der Waals surface area contributed by atoms with Crippen molar-refractivity contribution in [1.82, 2.24) is 10.2 Å². The zero-order valence-corrected chi connectivity index (χ0v) is 9.05. The number of hydrogen-bond acceptors (Lipinski definition) is 4. The zero-order chi connectivity index (χ0) is 10.6. The molecule has 1 rings (SSSR count). The van der Waals surface area contributed by atoms with Gasteiger partial charge < -0.3 is 5.11 Å². The van der Waals surface area contributed by atoms with Crippen molar-refractivity contribution in [1.29, 1.82) is 0 Å². The van der Waals surface area contributed by atoms with Crippen LogP contribution in [-0.4, -0.2) is 26.5 Å². The molecule has 0 fully saturated rings. The Morgan fingerprint density at radius 2 is 2.36 bits per heavy atom. The lowest BCUT2D eigenvalue weighted by Crippen LogP contribution is -2.14. The first-order valence-electron chi connectivity index (χ1n) is 4.02. The van der Waals surface area contributed by atoms with Crippen LogP contribution >= 0.6 is 23.4 Å². The van der Waals surface area contributed by atoms with E-state index in [4.69, 9.17) is 16.7 Å². The summed E-state index contributed by atoms with van der Waals surface area (Å²) in [5.41, 5.74) is 0. The average molecular weight is 233 g/mol. The standard InChI is InChI=1S/C8H9ClN2O2S/c1-2-5(8(12)13)14-7-4-3-6(9)10-11-7/h3-5H,2H2,1H3,(H,12,13). The molecule has 0 saturated carbocycles. The monoisotopic (exact) mass is 232 g/mol. The van der Waals surface area contributed by atoms with Gasteiger partial charge in [-0.15, -0.1) is 10.2 Å². The third-order valence-corrected chi connectivity index (χ3v) is 3.00. The third-order valence-electron chi connectivity index (χ3n) is 1.52. The molecule has 76 valence electrons. The molecule has 0 amide bonds. The number of aromatic nitrogens is 2. The molecule has 1 heterocycles. The van der Waals surface area contributed by atoms with E-state index >= 15 is 0 Å². The van der Waals surface area contributed by atoms with Crippen LogP contribution in [0.5, 0.6) is 0 Å². The lowest BCUT2D eigenvalue weighted by atomic mass is 10.3. The van der Waals surface area contributed by atoms with Gasteiger partial charge in [0.2, 0.25) is 0 Å². The molecule has 0 aliphatic rings. The number of carbonyl (C=O) groups is 1. The molecule has 0 aromatic carbocycles. The molecule has 1 atom stereocenters. The third kappa shape index (κ3) is 3.16. The fourth-order valence-corrected chi connectivity index (χ4v) is 1.72. The minimum atomic E-state index is -0.839. The van der Waals surface area contributed by atoms with Gasteiger partial charge in [-0.25, -0.2) is 0 Å². The van der Waals surface area contributed by atoms with Crippen molar-refractivity contribution in [2.45, 2.75) is 23.6 Å². The van der Waals surface area contributed by atoms with Crippen molar-refractivity contribution in [2.24, 2.45) is 0 Å². The molecule has 0 aliphatic carbocycles. The maximum absolute atomic E-state index is 10.7. The molecule has 1 unspecified atom stereocenters. The fraction of sp³-hybridized carbons (Fsp3) is 0.375. The molecule has 0 aliphatic heterocycles. The molecule has 1 aromatic rings. The molecule has 1 N–H and O–H groups in total. The topological polar surface area (TPSA) is 63.1 Å². The molecule has 0 saturated heterocycles. The number of halogens is 1. The highest BCUT2D eigenvalue weighted by Crippen LogP contribution is 2.23. The highest BCUT2D eigenvalue weighted by molar-refractivity contribution is 8.00. The summed E-state index contributed by atoms with van der Waals surface area (Å²) in [7, 11) is 0. The molecular weight excluding hydrogens is 224 g/mol. The second kappa shape index (κ2) is 5.17. The van der Waals surface area contributed by atoms with Crippen LogP contribution in [0.4, 0.5) is 0 Å². The van der Waals surface area contributed by atoms with E-state index in [1.807, 2.05) is 6.92 Å². The zero-order valence-electron chi connectivity index (χ0n) is 7.48. The van der Waals surface area contributed by atoms with Gasteiger partial charge in [0.25, 0.3) is 0 Å². The van der Waals surface area contributed by atoms with E-state index in [0.29, 0.717) is 16.6 Å². The number of rotatable bonds is 4. The van der Waals surface area contributed by atoms with Crippen LogP contribution in [0.1, 0.15) is 13.3 Å². The quantitative estimate of drug-likeness (QED) is 0.806. The molecule has 0 radical (unpaired) electrons. The van der Waals surface area contributed by atoms with Gasteiger partial charge in [0, 0.05) is 0 Å². The summed E-state index contributed by atoms with van der Waals surface area (Å²) in [5.74, 6) is -0.839. The highest BCUT2D eigenvalue weighted by Gasteiger charge is 2.17. The van der Waals surface area contributed by atoms with Crippen molar-refractivity contribution < 1.29 is 9.90 Å². The predicted octanol–water partition coefficient (Wildman–Crippen LogP) is 2.09. The van der Waals surface area contributed by atoms with Gasteiger partial charge in [0.1, 0.15) is 10.3 Å². The van der Waals surface area contributed by atoms with E-state index in [-0.39, 0.29) is 0 Å². The molecule has 14 heavy (non-hydrogen) atoms. The second-order valence-electron chi connectivity index (χ2n) is 2.55. The molecule has 6 heteroatoms. The molecule has 4 nitrogen and oxygen atoms in total. The molecule has 0 bridgehead atoms. The summed E-state index contributed by atoms with van der Waals surface area (Å²) in [6.07, 6.45) is 0.546. The van der Waals surface area contributed by atoms with E-state index in [1.54, 1.807) is 12.1 Å². The van der Waals surface area contributed by atoms with E-state index in [2.05, 4.69) is 10.2 Å². The van der Waals surface area contributed by atoms with Crippen molar-refractivity contribution in [3.8, 4) is 0 Å². The van der Waals surface area contributed by atoms with Crippen molar-refractivity contribution in [2.75, 3.05) is 0 Å². The van der Waals surface area contributed by atoms with Gasteiger partial charge in [0.05, 0.1) is 0 Å². The van der Waals surface area contributed by atoms with E-state index in [0.717, 1.165) is 0 Å².